The monoisotopic (exact) mass is 230 g/mol. The molecule has 0 aromatic rings. The molecule has 16 heavy (non-hydrogen) atoms. The van der Waals surface area contributed by atoms with Crippen LogP contribution < -0.4 is 0 Å². The summed E-state index contributed by atoms with van der Waals surface area (Å²) in [4.78, 5) is 32.7. The molecule has 0 bridgehead atoms. The summed E-state index contributed by atoms with van der Waals surface area (Å²) in [6.07, 6.45) is 0.690. The van der Waals surface area contributed by atoms with E-state index in [1.165, 1.54) is 13.0 Å². The number of aliphatic carboxylic acids is 2. The predicted octanol–water partition coefficient (Wildman–Crippen LogP) is 0.671. The molecule has 90 valence electrons. The van der Waals surface area contributed by atoms with Crippen LogP contribution in [0.1, 0.15) is 20.3 Å². The molecule has 0 aliphatic carbocycles. The second-order valence-corrected chi connectivity index (χ2v) is 2.95. The van der Waals surface area contributed by atoms with Crippen LogP contribution in [0.15, 0.2) is 11.6 Å². The highest BCUT2D eigenvalue weighted by atomic mass is 16.5. The van der Waals surface area contributed by atoms with E-state index in [1.54, 1.807) is 6.92 Å². The minimum atomic E-state index is -1.37. The maximum atomic E-state index is 11.1. The first-order valence-electron chi connectivity index (χ1n) is 4.71. The van der Waals surface area contributed by atoms with Gasteiger partial charge in [0.05, 0.1) is 18.9 Å². The number of carboxylic acids is 2. The molecule has 0 aromatic carbocycles. The lowest BCUT2D eigenvalue weighted by Gasteiger charge is -2.11. The van der Waals surface area contributed by atoms with Crippen LogP contribution >= 0.6 is 0 Å². The molecule has 2 N–H and O–H groups in total. The largest absolute Gasteiger partial charge is 0.481 e. The van der Waals surface area contributed by atoms with Gasteiger partial charge >= 0.3 is 17.9 Å². The minimum Gasteiger partial charge on any atom is -0.481 e. The van der Waals surface area contributed by atoms with Crippen LogP contribution in [0.4, 0.5) is 0 Å². The number of allylic oxidation sites excluding steroid dienone is 1. The molecule has 0 amide bonds. The Kier molecular flexibility index (Phi) is 5.84. The third-order valence-corrected chi connectivity index (χ3v) is 1.91. The molecule has 0 saturated carbocycles. The summed E-state index contributed by atoms with van der Waals surface area (Å²) in [5.74, 6) is -4.81. The molecule has 1 atom stereocenters. The number of hydrogen-bond donors (Lipinski definition) is 2. The second-order valence-electron chi connectivity index (χ2n) is 2.95. The zero-order valence-electron chi connectivity index (χ0n) is 9.10. The average molecular weight is 230 g/mol. The smallest absolute Gasteiger partial charge is 0.332 e. The fraction of sp³-hybridized carbons (Fsp3) is 0.500. The molecule has 1 unspecified atom stereocenters. The topological polar surface area (TPSA) is 101 Å². The van der Waals surface area contributed by atoms with Gasteiger partial charge in [0.25, 0.3) is 0 Å². The number of rotatable bonds is 6. The second kappa shape index (κ2) is 6.60. The highest BCUT2D eigenvalue weighted by Crippen LogP contribution is 2.17. The van der Waals surface area contributed by atoms with Crippen molar-refractivity contribution in [3.8, 4) is 0 Å². The molecule has 0 spiro atoms. The molecule has 0 radical (unpaired) electrons. The molecule has 0 aromatic heterocycles. The molecule has 0 rings (SSSR count). The van der Waals surface area contributed by atoms with Crippen molar-refractivity contribution in [3.63, 3.8) is 0 Å². The van der Waals surface area contributed by atoms with Gasteiger partial charge in [-0.25, -0.2) is 4.79 Å². The molecule has 0 fully saturated rings. The van der Waals surface area contributed by atoms with Crippen molar-refractivity contribution in [2.24, 2.45) is 5.92 Å². The van der Waals surface area contributed by atoms with Crippen molar-refractivity contribution in [2.45, 2.75) is 20.3 Å². The number of esters is 1. The van der Waals surface area contributed by atoms with Gasteiger partial charge in [0, 0.05) is 5.57 Å². The maximum Gasteiger partial charge on any atom is 0.332 e. The standard InChI is InChI=1S/C10H14O6/c1-3-6(9(12)13)7(10(14)15)5-8(11)16-4-2/h3,7H,4-5H2,1-2H3,(H,12,13)(H,14,15). The fourth-order valence-electron chi connectivity index (χ4n) is 1.19. The molecule has 0 heterocycles. The summed E-state index contributed by atoms with van der Waals surface area (Å²) in [5.41, 5.74) is -0.319. The summed E-state index contributed by atoms with van der Waals surface area (Å²) < 4.78 is 4.57. The number of ether oxygens (including phenoxy) is 1. The summed E-state index contributed by atoms with van der Waals surface area (Å²) in [6, 6.07) is 0. The fourth-order valence-corrected chi connectivity index (χ4v) is 1.19. The quantitative estimate of drug-likeness (QED) is 0.513. The first-order valence-corrected chi connectivity index (χ1v) is 4.71. The van der Waals surface area contributed by atoms with E-state index in [0.29, 0.717) is 0 Å². The van der Waals surface area contributed by atoms with Crippen LogP contribution in [-0.4, -0.2) is 34.7 Å². The number of carbonyl (C=O) groups is 3. The Morgan fingerprint density at radius 1 is 1.31 bits per heavy atom. The van der Waals surface area contributed by atoms with Gasteiger partial charge in [-0.3, -0.25) is 9.59 Å². The Morgan fingerprint density at radius 2 is 1.88 bits per heavy atom. The molecule has 6 heteroatoms. The summed E-state index contributed by atoms with van der Waals surface area (Å²) in [7, 11) is 0. The van der Waals surface area contributed by atoms with Crippen LogP contribution in [0.3, 0.4) is 0 Å². The maximum absolute atomic E-state index is 11.1. The van der Waals surface area contributed by atoms with Crippen LogP contribution in [0, 0.1) is 5.92 Å². The van der Waals surface area contributed by atoms with Gasteiger partial charge in [0.1, 0.15) is 0 Å². The summed E-state index contributed by atoms with van der Waals surface area (Å²) in [5, 5.41) is 17.6. The van der Waals surface area contributed by atoms with Crippen molar-refractivity contribution in [1.29, 1.82) is 0 Å². The van der Waals surface area contributed by atoms with Crippen molar-refractivity contribution in [2.75, 3.05) is 6.61 Å². The summed E-state index contributed by atoms with van der Waals surface area (Å²) >= 11 is 0. The Hall–Kier alpha value is -1.85. The van der Waals surface area contributed by atoms with E-state index in [0.717, 1.165) is 0 Å². The molecule has 0 aliphatic heterocycles. The molecule has 0 saturated heterocycles. The van der Waals surface area contributed by atoms with Gasteiger partial charge in [-0.2, -0.15) is 0 Å². The van der Waals surface area contributed by atoms with Gasteiger partial charge in [0.15, 0.2) is 0 Å². The van der Waals surface area contributed by atoms with Gasteiger partial charge in [-0.05, 0) is 13.8 Å². The highest BCUT2D eigenvalue weighted by Gasteiger charge is 2.29. The van der Waals surface area contributed by atoms with Crippen molar-refractivity contribution in [1.82, 2.24) is 0 Å². The van der Waals surface area contributed by atoms with E-state index in [4.69, 9.17) is 10.2 Å². The first-order chi connectivity index (χ1) is 7.43. The van der Waals surface area contributed by atoms with E-state index in [1.807, 2.05) is 0 Å². The van der Waals surface area contributed by atoms with E-state index in [9.17, 15) is 14.4 Å². The molecular weight excluding hydrogens is 216 g/mol. The highest BCUT2D eigenvalue weighted by molar-refractivity contribution is 5.95. The lowest BCUT2D eigenvalue weighted by Crippen LogP contribution is -2.25. The van der Waals surface area contributed by atoms with E-state index in [2.05, 4.69) is 4.74 Å². The van der Waals surface area contributed by atoms with E-state index >= 15 is 0 Å². The Labute approximate surface area is 92.5 Å². The number of hydrogen-bond acceptors (Lipinski definition) is 4. The van der Waals surface area contributed by atoms with Crippen LogP contribution in [0.25, 0.3) is 0 Å². The van der Waals surface area contributed by atoms with Gasteiger partial charge in [0.2, 0.25) is 0 Å². The average Bonchev–Trinajstić information content (AvgIpc) is 2.17. The normalized spacial score (nSPS) is 13.0. The zero-order chi connectivity index (χ0) is 12.7. The van der Waals surface area contributed by atoms with Gasteiger partial charge in [-0.15, -0.1) is 0 Å². The number of carbonyl (C=O) groups excluding carboxylic acids is 1. The van der Waals surface area contributed by atoms with Crippen molar-refractivity contribution < 1.29 is 29.3 Å². The van der Waals surface area contributed by atoms with Crippen molar-refractivity contribution in [3.05, 3.63) is 11.6 Å². The van der Waals surface area contributed by atoms with Crippen molar-refractivity contribution >= 4 is 17.9 Å². The zero-order valence-corrected chi connectivity index (χ0v) is 9.10. The molecular formula is C10H14O6. The van der Waals surface area contributed by atoms with Crippen LogP contribution in [0.2, 0.25) is 0 Å². The Bertz CT molecular complexity index is 317. The van der Waals surface area contributed by atoms with Crippen LogP contribution in [-0.2, 0) is 19.1 Å². The molecule has 0 aliphatic rings. The van der Waals surface area contributed by atoms with Crippen LogP contribution in [0.5, 0.6) is 0 Å². The predicted molar refractivity (Wildman–Crippen MR) is 53.8 cm³/mol. The summed E-state index contributed by atoms with van der Waals surface area (Å²) in [6.45, 7) is 3.12. The third-order valence-electron chi connectivity index (χ3n) is 1.91. The minimum absolute atomic E-state index is 0.128. The van der Waals surface area contributed by atoms with Gasteiger partial charge in [-0.1, -0.05) is 6.08 Å². The lowest BCUT2D eigenvalue weighted by atomic mass is 9.95. The Morgan fingerprint density at radius 3 is 2.19 bits per heavy atom. The number of carboxylic acid groups (broad SMARTS) is 2. The SMILES string of the molecule is CC=C(C(=O)O)C(CC(=O)OCC)C(=O)O. The van der Waals surface area contributed by atoms with Gasteiger partial charge < -0.3 is 14.9 Å². The molecule has 6 nitrogen and oxygen atoms in total. The lowest BCUT2D eigenvalue weighted by molar-refractivity contribution is -0.151. The van der Waals surface area contributed by atoms with E-state index < -0.39 is 30.2 Å². The Balaban J connectivity index is 4.81. The van der Waals surface area contributed by atoms with E-state index in [-0.39, 0.29) is 12.2 Å². The third kappa shape index (κ3) is 4.12. The first kappa shape index (κ1) is 14.2.